The van der Waals surface area contributed by atoms with Crippen molar-refractivity contribution < 1.29 is 28.7 Å². The van der Waals surface area contributed by atoms with Crippen LogP contribution in [-0.4, -0.2) is 98.4 Å². The van der Waals surface area contributed by atoms with Gasteiger partial charge in [0, 0.05) is 44.9 Å². The number of benzene rings is 2. The molecule has 290 valence electrons. The first-order valence-corrected chi connectivity index (χ1v) is 19.3. The summed E-state index contributed by atoms with van der Waals surface area (Å²) in [6.45, 7) is 6.66. The van der Waals surface area contributed by atoms with Crippen molar-refractivity contribution in [1.82, 2.24) is 26.2 Å². The number of ketones is 2. The molecule has 2 aliphatic heterocycles. The normalized spacial score (nSPS) is 17.7. The second kappa shape index (κ2) is 21.5. The van der Waals surface area contributed by atoms with Crippen LogP contribution in [0.15, 0.2) is 60.7 Å². The highest BCUT2D eigenvalue weighted by molar-refractivity contribution is 5.95. The van der Waals surface area contributed by atoms with E-state index in [1.165, 1.54) is 0 Å². The maximum Gasteiger partial charge on any atom is 0.314 e. The highest BCUT2D eigenvalue weighted by atomic mass is 16.5. The number of amides is 4. The molecule has 2 fully saturated rings. The molecule has 2 aromatic carbocycles. The monoisotopic (exact) mass is 732 g/mol. The molecule has 2 saturated heterocycles. The highest BCUT2D eigenvalue weighted by Crippen LogP contribution is 2.22. The van der Waals surface area contributed by atoms with Gasteiger partial charge in [0.1, 0.15) is 0 Å². The molecule has 2 heterocycles. The minimum Gasteiger partial charge on any atom is -0.377 e. The number of carbonyl (C=O) groups is 5. The van der Waals surface area contributed by atoms with Gasteiger partial charge >= 0.3 is 6.03 Å². The summed E-state index contributed by atoms with van der Waals surface area (Å²) in [6, 6.07) is 17.2. The van der Waals surface area contributed by atoms with Crippen LogP contribution in [0.4, 0.5) is 4.79 Å². The lowest BCUT2D eigenvalue weighted by atomic mass is 9.88. The lowest BCUT2D eigenvalue weighted by Crippen LogP contribution is -2.51. The van der Waals surface area contributed by atoms with Crippen molar-refractivity contribution in [3.63, 3.8) is 0 Å². The van der Waals surface area contributed by atoms with E-state index in [1.54, 1.807) is 11.9 Å². The van der Waals surface area contributed by atoms with E-state index in [0.29, 0.717) is 45.2 Å². The van der Waals surface area contributed by atoms with Gasteiger partial charge in [0.25, 0.3) is 0 Å². The molecule has 0 spiro atoms. The summed E-state index contributed by atoms with van der Waals surface area (Å²) < 4.78 is 6.26. The first-order valence-electron chi connectivity index (χ1n) is 19.3. The number of nitrogens with two attached hydrogens (primary N) is 1. The molecule has 0 aliphatic carbocycles. The molecule has 4 rings (SSSR count). The third-order valence-corrected chi connectivity index (χ3v) is 10.3. The Labute approximate surface area is 314 Å². The zero-order valence-corrected chi connectivity index (χ0v) is 31.7. The van der Waals surface area contributed by atoms with Crippen LogP contribution in [-0.2, 0) is 36.8 Å². The smallest absolute Gasteiger partial charge is 0.314 e. The number of Topliss-reactive ketones (excluding diaryl/α,β-unsaturated/α-hetero) is 2. The molecule has 0 bridgehead atoms. The average Bonchev–Trinajstić information content (AvgIpc) is 3.16. The molecule has 53 heavy (non-hydrogen) atoms. The van der Waals surface area contributed by atoms with Gasteiger partial charge in [-0.2, -0.15) is 0 Å². The number of hydrogen-bond acceptors (Lipinski definition) is 8. The van der Waals surface area contributed by atoms with Gasteiger partial charge in [-0.25, -0.2) is 4.79 Å². The van der Waals surface area contributed by atoms with Crippen LogP contribution < -0.4 is 27.0 Å². The molecule has 6 N–H and O–H groups in total. The number of ether oxygens (including phenoxy) is 1. The van der Waals surface area contributed by atoms with Gasteiger partial charge in [0.2, 0.25) is 11.8 Å². The lowest BCUT2D eigenvalue weighted by Gasteiger charge is -2.35. The van der Waals surface area contributed by atoms with Crippen molar-refractivity contribution in [3.05, 3.63) is 71.8 Å². The molecule has 2 aliphatic rings. The number of piperidine rings is 2. The fraction of sp³-hybridized carbons (Fsp3) is 0.585. The topological polar surface area (TPSA) is 172 Å². The van der Waals surface area contributed by atoms with Gasteiger partial charge in [-0.05, 0) is 75.1 Å². The van der Waals surface area contributed by atoms with Crippen LogP contribution >= 0.6 is 0 Å². The second-order valence-electron chi connectivity index (χ2n) is 15.0. The van der Waals surface area contributed by atoms with Gasteiger partial charge in [0.05, 0.1) is 30.7 Å². The van der Waals surface area contributed by atoms with Gasteiger partial charge < -0.3 is 36.6 Å². The number of carbonyl (C=O) groups excluding carboxylic acids is 5. The molecule has 4 atom stereocenters. The molecular formula is C41H60N6O6. The maximum absolute atomic E-state index is 14.2. The minimum absolute atomic E-state index is 0.000137. The highest BCUT2D eigenvalue weighted by Gasteiger charge is 2.35. The van der Waals surface area contributed by atoms with Crippen molar-refractivity contribution in [2.45, 2.75) is 95.9 Å². The van der Waals surface area contributed by atoms with E-state index in [9.17, 15) is 24.0 Å². The summed E-state index contributed by atoms with van der Waals surface area (Å²) in [5.74, 6) is -2.37. The largest absolute Gasteiger partial charge is 0.377 e. The standard InChI is InChI=1S/C41H60N6O6/c1-28(2)22-36(46-39(50)31(23-29-10-6-4-7-11-29)25-37(48)35(42)24-30-12-8-5-9-13-30)38(49)26-32(27-53-34-14-18-44-19-15-34)40(51)47-20-16-33(17-21-47)45-41(52)43-3/h4-13,28,31-36,44H,14-27,42H2,1-3H3,(H,46,50)(H2,43,45,52)/t31-,32+,35+,36+/m0/s1. The van der Waals surface area contributed by atoms with Crippen LogP contribution in [0.25, 0.3) is 0 Å². The average molecular weight is 733 g/mol. The van der Waals surface area contributed by atoms with Gasteiger partial charge in [-0.3, -0.25) is 19.2 Å². The third kappa shape index (κ3) is 14.0. The Morgan fingerprint density at radius 3 is 2.00 bits per heavy atom. The Morgan fingerprint density at radius 1 is 0.830 bits per heavy atom. The quantitative estimate of drug-likeness (QED) is 0.147. The Hall–Kier alpha value is -4.13. The second-order valence-corrected chi connectivity index (χ2v) is 15.0. The molecule has 0 saturated carbocycles. The molecule has 4 amide bonds. The van der Waals surface area contributed by atoms with Crippen LogP contribution in [0.3, 0.4) is 0 Å². The summed E-state index contributed by atoms with van der Waals surface area (Å²) in [6.07, 6.45) is 3.79. The molecule has 2 aromatic rings. The zero-order chi connectivity index (χ0) is 38.2. The van der Waals surface area contributed by atoms with Crippen molar-refractivity contribution in [2.75, 3.05) is 39.8 Å². The van der Waals surface area contributed by atoms with Gasteiger partial charge in [-0.15, -0.1) is 0 Å². The first-order chi connectivity index (χ1) is 25.5. The third-order valence-electron chi connectivity index (χ3n) is 10.3. The number of nitrogens with one attached hydrogen (secondary N) is 4. The van der Waals surface area contributed by atoms with E-state index in [0.717, 1.165) is 37.1 Å². The molecular weight excluding hydrogens is 672 g/mol. The van der Waals surface area contributed by atoms with Crippen molar-refractivity contribution >= 4 is 29.4 Å². The number of likely N-dealkylation sites (tertiary alicyclic amines) is 1. The SMILES string of the molecule is CNC(=O)NC1CCN(C(=O)[C@@H](COC2CCNCC2)CC(=O)[C@@H](CC(C)C)NC(=O)[C@H](CC(=O)[C@H](N)Cc2ccccc2)Cc2ccccc2)CC1. The lowest BCUT2D eigenvalue weighted by molar-refractivity contribution is -0.143. The predicted octanol–water partition coefficient (Wildman–Crippen LogP) is 3.17. The maximum atomic E-state index is 14.2. The number of hydrogen-bond donors (Lipinski definition) is 5. The zero-order valence-electron chi connectivity index (χ0n) is 31.7. The first kappa shape index (κ1) is 41.6. The van der Waals surface area contributed by atoms with E-state index >= 15 is 0 Å². The molecule has 0 aromatic heterocycles. The summed E-state index contributed by atoms with van der Waals surface area (Å²) in [4.78, 5) is 69.4. The molecule has 0 radical (unpaired) electrons. The van der Waals surface area contributed by atoms with Crippen LogP contribution in [0, 0.1) is 17.8 Å². The fourth-order valence-electron chi connectivity index (χ4n) is 7.14. The minimum atomic E-state index is -0.842. The summed E-state index contributed by atoms with van der Waals surface area (Å²) in [5.41, 5.74) is 8.21. The van der Waals surface area contributed by atoms with Crippen molar-refractivity contribution in [2.24, 2.45) is 23.5 Å². The number of rotatable bonds is 19. The summed E-state index contributed by atoms with van der Waals surface area (Å²) >= 11 is 0. The Morgan fingerprint density at radius 2 is 1.42 bits per heavy atom. The van der Waals surface area contributed by atoms with E-state index in [4.69, 9.17) is 10.5 Å². The number of nitrogens with zero attached hydrogens (tertiary/aromatic N) is 1. The van der Waals surface area contributed by atoms with Crippen LogP contribution in [0.5, 0.6) is 0 Å². The van der Waals surface area contributed by atoms with E-state index < -0.39 is 23.9 Å². The number of urea groups is 1. The van der Waals surface area contributed by atoms with E-state index in [-0.39, 0.29) is 66.9 Å². The van der Waals surface area contributed by atoms with Crippen LogP contribution in [0.2, 0.25) is 0 Å². The van der Waals surface area contributed by atoms with Crippen LogP contribution in [0.1, 0.15) is 69.9 Å². The Bertz CT molecular complexity index is 1460. The Balaban J connectivity index is 1.47. The summed E-state index contributed by atoms with van der Waals surface area (Å²) in [7, 11) is 1.57. The predicted molar refractivity (Wildman–Crippen MR) is 205 cm³/mol. The van der Waals surface area contributed by atoms with Crippen molar-refractivity contribution in [3.8, 4) is 0 Å². The Kier molecular flexibility index (Phi) is 16.9. The van der Waals surface area contributed by atoms with E-state index in [2.05, 4.69) is 21.3 Å². The van der Waals surface area contributed by atoms with E-state index in [1.807, 2.05) is 74.5 Å². The van der Waals surface area contributed by atoms with Gasteiger partial charge in [0.15, 0.2) is 11.6 Å². The summed E-state index contributed by atoms with van der Waals surface area (Å²) in [5, 5.41) is 11.8. The van der Waals surface area contributed by atoms with Gasteiger partial charge in [-0.1, -0.05) is 74.5 Å². The fourth-order valence-corrected chi connectivity index (χ4v) is 7.14. The molecule has 12 heteroatoms. The van der Waals surface area contributed by atoms with Crippen molar-refractivity contribution in [1.29, 1.82) is 0 Å². The molecule has 12 nitrogen and oxygen atoms in total. The molecule has 0 unspecified atom stereocenters.